The van der Waals surface area contributed by atoms with Crippen molar-refractivity contribution in [3.05, 3.63) is 96.6 Å². The molecular weight excluding hydrogens is 509 g/mol. The van der Waals surface area contributed by atoms with E-state index in [-0.39, 0.29) is 12.4 Å². The molecular formula is C30H32FN7O2. The monoisotopic (exact) mass is 541 g/mol. The SMILES string of the molecule is C=C(F)/C=C(\C=C(/C)Oc1ccc(-c2cn(CC3CCCN3)c3ncnc(N)c23)cc1)OCc1cnc(C)nc1. The zero-order valence-corrected chi connectivity index (χ0v) is 22.6. The molecule has 1 aliphatic heterocycles. The number of nitrogens with zero attached hydrogens (tertiary/aromatic N) is 5. The van der Waals surface area contributed by atoms with Gasteiger partial charge in [0.15, 0.2) is 0 Å². The van der Waals surface area contributed by atoms with Gasteiger partial charge in [-0.05, 0) is 50.9 Å². The number of aryl methyl sites for hydroxylation is 1. The minimum Gasteiger partial charge on any atom is -0.489 e. The summed E-state index contributed by atoms with van der Waals surface area (Å²) >= 11 is 0. The summed E-state index contributed by atoms with van der Waals surface area (Å²) in [5.41, 5.74) is 9.80. The average Bonchev–Trinajstić information content (AvgIpc) is 3.57. The molecule has 0 bridgehead atoms. The molecule has 9 nitrogen and oxygen atoms in total. The lowest BCUT2D eigenvalue weighted by atomic mass is 10.1. The molecule has 4 heterocycles. The van der Waals surface area contributed by atoms with Crippen LogP contribution in [0.2, 0.25) is 0 Å². The number of nitrogens with two attached hydrogens (primary N) is 1. The predicted octanol–water partition coefficient (Wildman–Crippen LogP) is 5.40. The van der Waals surface area contributed by atoms with Crippen LogP contribution < -0.4 is 15.8 Å². The molecule has 5 rings (SSSR count). The largest absolute Gasteiger partial charge is 0.489 e. The van der Waals surface area contributed by atoms with Gasteiger partial charge < -0.3 is 25.1 Å². The van der Waals surface area contributed by atoms with E-state index in [0.29, 0.717) is 29.2 Å². The van der Waals surface area contributed by atoms with Crippen LogP contribution in [0, 0.1) is 6.92 Å². The third-order valence-corrected chi connectivity index (χ3v) is 6.59. The summed E-state index contributed by atoms with van der Waals surface area (Å²) in [7, 11) is 0. The van der Waals surface area contributed by atoms with Crippen molar-refractivity contribution in [2.75, 3.05) is 12.3 Å². The van der Waals surface area contributed by atoms with Gasteiger partial charge in [0.05, 0.1) is 5.39 Å². The minimum atomic E-state index is -0.630. The van der Waals surface area contributed by atoms with Gasteiger partial charge in [0, 0.05) is 54.5 Å². The Bertz CT molecular complexity index is 1550. The summed E-state index contributed by atoms with van der Waals surface area (Å²) in [6.07, 6.45) is 12.1. The molecule has 1 saturated heterocycles. The van der Waals surface area contributed by atoms with Crippen LogP contribution in [0.1, 0.15) is 31.2 Å². The molecule has 0 saturated carbocycles. The van der Waals surface area contributed by atoms with Crippen molar-refractivity contribution in [1.82, 2.24) is 29.8 Å². The second kappa shape index (κ2) is 12.1. The van der Waals surface area contributed by atoms with Crippen molar-refractivity contribution in [2.45, 2.75) is 45.9 Å². The van der Waals surface area contributed by atoms with Crippen molar-refractivity contribution in [3.8, 4) is 16.9 Å². The standard InChI is InChI=1S/C30H32FN7O2/c1-19(31)11-26(39-17-22-13-34-21(3)35-14-22)12-20(2)40-25-8-6-23(7-9-25)27-16-38(15-24-5-4-10-33-24)30-28(27)29(32)36-18-37-30/h6-9,11-14,16,18,24,33H,1,4-5,10,15,17H2,2-3H3,(H2,32,36,37)/b20-12+,26-11+. The molecule has 4 aromatic rings. The van der Waals surface area contributed by atoms with Crippen LogP contribution in [-0.2, 0) is 17.9 Å². The zero-order chi connectivity index (χ0) is 28.1. The molecule has 3 N–H and O–H groups in total. The first kappa shape index (κ1) is 27.0. The van der Waals surface area contributed by atoms with E-state index in [4.69, 9.17) is 15.2 Å². The van der Waals surface area contributed by atoms with Gasteiger partial charge in [-0.25, -0.2) is 24.3 Å². The summed E-state index contributed by atoms with van der Waals surface area (Å²) < 4.78 is 27.5. The number of nitrogen functional groups attached to an aromatic ring is 1. The summed E-state index contributed by atoms with van der Waals surface area (Å²) in [5, 5.41) is 4.38. The molecule has 40 heavy (non-hydrogen) atoms. The highest BCUT2D eigenvalue weighted by molar-refractivity contribution is 6.00. The molecule has 0 radical (unpaired) electrons. The van der Waals surface area contributed by atoms with Gasteiger partial charge in [0.1, 0.15) is 53.3 Å². The van der Waals surface area contributed by atoms with Gasteiger partial charge >= 0.3 is 0 Å². The Morgan fingerprint density at radius 2 is 1.95 bits per heavy atom. The molecule has 10 heteroatoms. The molecule has 1 aromatic carbocycles. The molecule has 0 aliphatic carbocycles. The van der Waals surface area contributed by atoms with Crippen molar-refractivity contribution in [3.63, 3.8) is 0 Å². The van der Waals surface area contributed by atoms with Crippen molar-refractivity contribution in [1.29, 1.82) is 0 Å². The average molecular weight is 542 g/mol. The Morgan fingerprint density at radius 3 is 2.65 bits per heavy atom. The van der Waals surface area contributed by atoms with Crippen LogP contribution >= 0.6 is 0 Å². The van der Waals surface area contributed by atoms with Crippen LogP contribution in [0.15, 0.2) is 85.3 Å². The highest BCUT2D eigenvalue weighted by atomic mass is 19.1. The van der Waals surface area contributed by atoms with Gasteiger partial charge in [-0.3, -0.25) is 0 Å². The van der Waals surface area contributed by atoms with E-state index in [2.05, 4.69) is 42.6 Å². The molecule has 206 valence electrons. The van der Waals surface area contributed by atoms with E-state index in [9.17, 15) is 4.39 Å². The number of ether oxygens (including phenoxy) is 2. The second-order valence-corrected chi connectivity index (χ2v) is 9.75. The van der Waals surface area contributed by atoms with Crippen molar-refractivity contribution < 1.29 is 13.9 Å². The number of hydrogen-bond donors (Lipinski definition) is 2. The lowest BCUT2D eigenvalue weighted by Gasteiger charge is -2.11. The second-order valence-electron chi connectivity index (χ2n) is 9.75. The number of hydrogen-bond acceptors (Lipinski definition) is 8. The molecule has 1 fully saturated rings. The summed E-state index contributed by atoms with van der Waals surface area (Å²) in [6, 6.07) is 8.09. The van der Waals surface area contributed by atoms with Crippen molar-refractivity contribution >= 4 is 16.9 Å². The van der Waals surface area contributed by atoms with Crippen LogP contribution in [0.3, 0.4) is 0 Å². The van der Waals surface area contributed by atoms with Crippen LogP contribution in [0.4, 0.5) is 10.2 Å². The number of rotatable bonds is 10. The predicted molar refractivity (Wildman–Crippen MR) is 153 cm³/mol. The first-order valence-corrected chi connectivity index (χ1v) is 13.1. The van der Waals surface area contributed by atoms with E-state index in [1.165, 1.54) is 18.8 Å². The number of allylic oxidation sites excluding steroid dienone is 4. The Labute approximate surface area is 232 Å². The van der Waals surface area contributed by atoms with Gasteiger partial charge in [0.2, 0.25) is 0 Å². The fourth-order valence-corrected chi connectivity index (χ4v) is 4.71. The highest BCUT2D eigenvalue weighted by Gasteiger charge is 2.19. The molecule has 1 unspecified atom stereocenters. The zero-order valence-electron chi connectivity index (χ0n) is 22.6. The lowest BCUT2D eigenvalue weighted by Crippen LogP contribution is -2.26. The summed E-state index contributed by atoms with van der Waals surface area (Å²) in [4.78, 5) is 17.1. The Morgan fingerprint density at radius 1 is 1.18 bits per heavy atom. The normalized spacial score (nSPS) is 15.9. The molecule has 0 amide bonds. The molecule has 0 spiro atoms. The lowest BCUT2D eigenvalue weighted by molar-refractivity contribution is 0.208. The number of fused-ring (bicyclic) bond motifs is 1. The van der Waals surface area contributed by atoms with E-state index >= 15 is 0 Å². The number of nitrogens with one attached hydrogen (secondary N) is 1. The van der Waals surface area contributed by atoms with E-state index in [0.717, 1.165) is 47.2 Å². The third kappa shape index (κ3) is 6.52. The summed E-state index contributed by atoms with van der Waals surface area (Å²) in [5.74, 6) is 1.88. The number of aromatic nitrogens is 5. The Hall–Kier alpha value is -4.57. The van der Waals surface area contributed by atoms with Gasteiger partial charge in [-0.15, -0.1) is 0 Å². The fraction of sp³-hybridized carbons (Fsp3) is 0.267. The molecule has 1 aliphatic rings. The van der Waals surface area contributed by atoms with Crippen LogP contribution in [0.5, 0.6) is 5.75 Å². The maximum absolute atomic E-state index is 13.6. The summed E-state index contributed by atoms with van der Waals surface area (Å²) in [6.45, 7) is 8.91. The van der Waals surface area contributed by atoms with Gasteiger partial charge in [-0.1, -0.05) is 18.7 Å². The quantitative estimate of drug-likeness (QED) is 0.203. The van der Waals surface area contributed by atoms with E-state index < -0.39 is 5.83 Å². The smallest absolute Gasteiger partial charge is 0.146 e. The first-order chi connectivity index (χ1) is 19.4. The maximum Gasteiger partial charge on any atom is 0.146 e. The fourth-order valence-electron chi connectivity index (χ4n) is 4.71. The molecule has 1 atom stereocenters. The minimum absolute atomic E-state index is 0.176. The van der Waals surface area contributed by atoms with E-state index in [1.54, 1.807) is 32.3 Å². The number of halogens is 1. The van der Waals surface area contributed by atoms with Crippen LogP contribution in [-0.4, -0.2) is 37.1 Å². The van der Waals surface area contributed by atoms with Gasteiger partial charge in [-0.2, -0.15) is 0 Å². The van der Waals surface area contributed by atoms with E-state index in [1.807, 2.05) is 24.3 Å². The highest BCUT2D eigenvalue weighted by Crippen LogP contribution is 2.34. The Kier molecular flexibility index (Phi) is 8.16. The third-order valence-electron chi connectivity index (χ3n) is 6.59. The van der Waals surface area contributed by atoms with Crippen molar-refractivity contribution in [2.24, 2.45) is 0 Å². The Balaban J connectivity index is 1.32. The van der Waals surface area contributed by atoms with Gasteiger partial charge in [0.25, 0.3) is 0 Å². The number of anilines is 1. The van der Waals surface area contributed by atoms with Crippen LogP contribution in [0.25, 0.3) is 22.2 Å². The number of benzene rings is 1. The molecule has 3 aromatic heterocycles. The first-order valence-electron chi connectivity index (χ1n) is 13.1. The topological polar surface area (TPSA) is 113 Å². The maximum atomic E-state index is 13.6.